The first-order valence-electron chi connectivity index (χ1n) is 7.94. The van der Waals surface area contributed by atoms with Gasteiger partial charge in [-0.1, -0.05) is 23.4 Å². The van der Waals surface area contributed by atoms with Crippen LogP contribution in [0.1, 0.15) is 11.4 Å². The van der Waals surface area contributed by atoms with Gasteiger partial charge < -0.3 is 9.26 Å². The summed E-state index contributed by atoms with van der Waals surface area (Å²) in [5.41, 5.74) is 2.32. The van der Waals surface area contributed by atoms with Gasteiger partial charge in [-0.05, 0) is 48.6 Å². The van der Waals surface area contributed by atoms with E-state index in [-0.39, 0.29) is 5.82 Å². The highest BCUT2D eigenvalue weighted by atomic mass is 19.1. The number of benzene rings is 2. The first-order valence-corrected chi connectivity index (χ1v) is 7.94. The van der Waals surface area contributed by atoms with Crippen molar-refractivity contribution in [3.63, 3.8) is 0 Å². The van der Waals surface area contributed by atoms with Gasteiger partial charge in [-0.2, -0.15) is 4.98 Å². The zero-order valence-electron chi connectivity index (χ0n) is 13.9. The molecule has 0 spiro atoms. The largest absolute Gasteiger partial charge is 0.481 e. The van der Waals surface area contributed by atoms with Crippen molar-refractivity contribution in [3.8, 4) is 17.3 Å². The first kappa shape index (κ1) is 16.0. The van der Waals surface area contributed by atoms with E-state index in [1.807, 2.05) is 36.4 Å². The predicted molar refractivity (Wildman–Crippen MR) is 96.9 cm³/mol. The van der Waals surface area contributed by atoms with Crippen LogP contribution < -0.4 is 4.74 Å². The van der Waals surface area contributed by atoms with Gasteiger partial charge in [-0.3, -0.25) is 0 Å². The van der Waals surface area contributed by atoms with Crippen LogP contribution in [0.4, 0.5) is 4.39 Å². The Morgan fingerprint density at radius 2 is 1.81 bits per heavy atom. The average Bonchev–Trinajstić information content (AvgIpc) is 3.15. The van der Waals surface area contributed by atoms with Gasteiger partial charge >= 0.3 is 0 Å². The maximum Gasteiger partial charge on any atom is 0.258 e. The van der Waals surface area contributed by atoms with Gasteiger partial charge in [0.15, 0.2) is 5.82 Å². The van der Waals surface area contributed by atoms with E-state index < -0.39 is 0 Å². The number of halogens is 1. The van der Waals surface area contributed by atoms with E-state index in [1.165, 1.54) is 12.1 Å². The molecule has 26 heavy (non-hydrogen) atoms. The second-order valence-electron chi connectivity index (χ2n) is 5.58. The molecule has 0 aliphatic rings. The third-order valence-corrected chi connectivity index (χ3v) is 3.85. The maximum absolute atomic E-state index is 13.0. The molecule has 0 N–H and O–H groups in total. The summed E-state index contributed by atoms with van der Waals surface area (Å²) in [6.07, 6.45) is 3.53. The number of nitrogens with zero attached hydrogens (tertiary/aromatic N) is 3. The third-order valence-electron chi connectivity index (χ3n) is 3.85. The summed E-state index contributed by atoms with van der Waals surface area (Å²) < 4.78 is 23.6. The summed E-state index contributed by atoms with van der Waals surface area (Å²) in [5, 5.41) is 4.93. The van der Waals surface area contributed by atoms with Crippen molar-refractivity contribution < 1.29 is 13.7 Å². The van der Waals surface area contributed by atoms with Gasteiger partial charge in [0.05, 0.1) is 12.6 Å². The molecule has 4 aromatic rings. The number of rotatable bonds is 4. The van der Waals surface area contributed by atoms with E-state index in [9.17, 15) is 4.39 Å². The molecule has 6 heteroatoms. The number of pyridine rings is 1. The van der Waals surface area contributed by atoms with E-state index in [1.54, 1.807) is 25.3 Å². The molecular weight excluding hydrogens is 333 g/mol. The lowest BCUT2D eigenvalue weighted by atomic mass is 10.1. The van der Waals surface area contributed by atoms with E-state index >= 15 is 0 Å². The van der Waals surface area contributed by atoms with Crippen LogP contribution in [-0.4, -0.2) is 22.2 Å². The van der Waals surface area contributed by atoms with Crippen molar-refractivity contribution in [2.24, 2.45) is 0 Å². The lowest BCUT2D eigenvalue weighted by molar-refractivity contribution is 0.398. The monoisotopic (exact) mass is 347 g/mol. The van der Waals surface area contributed by atoms with Gasteiger partial charge in [0.1, 0.15) is 5.82 Å². The van der Waals surface area contributed by atoms with Crippen molar-refractivity contribution in [2.75, 3.05) is 7.11 Å². The molecule has 128 valence electrons. The molecule has 0 unspecified atom stereocenters. The molecule has 0 radical (unpaired) electrons. The van der Waals surface area contributed by atoms with Crippen LogP contribution in [0.25, 0.3) is 34.5 Å². The molecule has 2 aromatic heterocycles. The van der Waals surface area contributed by atoms with Crippen molar-refractivity contribution >= 4 is 23.1 Å². The third kappa shape index (κ3) is 3.17. The Hall–Kier alpha value is -3.54. The number of hydrogen-bond acceptors (Lipinski definition) is 5. The number of fused-ring (bicyclic) bond motifs is 1. The maximum atomic E-state index is 13.0. The Bertz CT molecular complexity index is 1090. The number of ether oxygens (including phenoxy) is 1. The van der Waals surface area contributed by atoms with Crippen LogP contribution in [0.5, 0.6) is 5.88 Å². The summed E-state index contributed by atoms with van der Waals surface area (Å²) in [6, 6.07) is 15.7. The van der Waals surface area contributed by atoms with Crippen molar-refractivity contribution in [1.82, 2.24) is 15.1 Å². The minimum Gasteiger partial charge on any atom is -0.481 e. The molecule has 0 aliphatic heterocycles. The Morgan fingerprint density at radius 3 is 2.62 bits per heavy atom. The molecule has 0 atom stereocenters. The molecular formula is C20H14FN3O2. The fraction of sp³-hybridized carbons (Fsp3) is 0.0500. The van der Waals surface area contributed by atoms with Crippen LogP contribution >= 0.6 is 0 Å². The fourth-order valence-electron chi connectivity index (χ4n) is 2.57. The predicted octanol–water partition coefficient (Wildman–Crippen LogP) is 4.60. The Balaban J connectivity index is 1.64. The smallest absolute Gasteiger partial charge is 0.258 e. The molecule has 0 saturated carbocycles. The van der Waals surface area contributed by atoms with Gasteiger partial charge in [-0.15, -0.1) is 0 Å². The summed E-state index contributed by atoms with van der Waals surface area (Å²) in [5.74, 6) is 0.930. The lowest BCUT2D eigenvalue weighted by Gasteiger charge is -2.05. The summed E-state index contributed by atoms with van der Waals surface area (Å²) >= 11 is 0. The minimum atomic E-state index is -0.315. The normalized spacial score (nSPS) is 11.3. The van der Waals surface area contributed by atoms with Crippen LogP contribution in [0.3, 0.4) is 0 Å². The Kier molecular flexibility index (Phi) is 4.15. The van der Waals surface area contributed by atoms with Crippen molar-refractivity contribution in [3.05, 3.63) is 71.8 Å². The Labute approximate surface area is 148 Å². The van der Waals surface area contributed by atoms with Gasteiger partial charge in [0, 0.05) is 16.5 Å². The zero-order valence-corrected chi connectivity index (χ0v) is 13.9. The summed E-state index contributed by atoms with van der Waals surface area (Å²) in [6.45, 7) is 0. The molecule has 2 aromatic carbocycles. The van der Waals surface area contributed by atoms with E-state index in [4.69, 9.17) is 9.26 Å². The van der Waals surface area contributed by atoms with Gasteiger partial charge in [-0.25, -0.2) is 9.37 Å². The standard InChI is InChI=1S/C20H14FN3O2/c1-25-19-15(12-14-4-2-3-5-17(14)22-19)8-11-18-23-20(26-24-18)13-6-9-16(21)10-7-13/h2-12H,1H3/b11-8+. The second kappa shape index (κ2) is 6.76. The minimum absolute atomic E-state index is 0.315. The highest BCUT2D eigenvalue weighted by Gasteiger charge is 2.08. The molecule has 2 heterocycles. The van der Waals surface area contributed by atoms with E-state index in [0.717, 1.165) is 16.5 Å². The average molecular weight is 347 g/mol. The topological polar surface area (TPSA) is 61.0 Å². The first-order chi connectivity index (χ1) is 12.7. The number of aromatic nitrogens is 3. The van der Waals surface area contributed by atoms with Crippen LogP contribution in [0.15, 0.2) is 59.1 Å². The van der Waals surface area contributed by atoms with Crippen molar-refractivity contribution in [1.29, 1.82) is 0 Å². The van der Waals surface area contributed by atoms with E-state index in [2.05, 4.69) is 15.1 Å². The molecule has 0 bridgehead atoms. The van der Waals surface area contributed by atoms with E-state index in [0.29, 0.717) is 23.2 Å². The van der Waals surface area contributed by atoms with Gasteiger partial charge in [0.25, 0.3) is 5.89 Å². The van der Waals surface area contributed by atoms with Crippen LogP contribution in [-0.2, 0) is 0 Å². The fourth-order valence-corrected chi connectivity index (χ4v) is 2.57. The molecule has 0 aliphatic carbocycles. The van der Waals surface area contributed by atoms with Crippen molar-refractivity contribution in [2.45, 2.75) is 0 Å². The molecule has 0 amide bonds. The quantitative estimate of drug-likeness (QED) is 0.540. The highest BCUT2D eigenvalue weighted by molar-refractivity contribution is 5.84. The van der Waals surface area contributed by atoms with Gasteiger partial charge in [0.2, 0.25) is 5.88 Å². The number of hydrogen-bond donors (Lipinski definition) is 0. The molecule has 0 fully saturated rings. The summed E-state index contributed by atoms with van der Waals surface area (Å²) in [4.78, 5) is 8.79. The number of para-hydroxylation sites is 1. The zero-order chi connectivity index (χ0) is 17.9. The molecule has 0 saturated heterocycles. The molecule has 5 nitrogen and oxygen atoms in total. The van der Waals surface area contributed by atoms with Crippen LogP contribution in [0.2, 0.25) is 0 Å². The molecule has 4 rings (SSSR count). The highest BCUT2D eigenvalue weighted by Crippen LogP contribution is 2.24. The summed E-state index contributed by atoms with van der Waals surface area (Å²) in [7, 11) is 1.58. The number of methoxy groups -OCH3 is 1. The second-order valence-corrected chi connectivity index (χ2v) is 5.58. The SMILES string of the molecule is COc1nc2ccccc2cc1/C=C/c1noc(-c2ccc(F)cc2)n1. The van der Waals surface area contributed by atoms with Crippen LogP contribution in [0, 0.1) is 5.82 Å². The lowest BCUT2D eigenvalue weighted by Crippen LogP contribution is -1.92. The Morgan fingerprint density at radius 1 is 1.00 bits per heavy atom.